The van der Waals surface area contributed by atoms with Crippen LogP contribution in [0.1, 0.15) is 16.7 Å². The van der Waals surface area contributed by atoms with Crippen molar-refractivity contribution in [1.82, 2.24) is 4.90 Å². The lowest BCUT2D eigenvalue weighted by molar-refractivity contribution is -0.122. The lowest BCUT2D eigenvalue weighted by Crippen LogP contribution is -2.27. The number of thiocarbonyl (C=S) groups is 1. The molecule has 0 unspecified atom stereocenters. The van der Waals surface area contributed by atoms with Gasteiger partial charge < -0.3 is 9.47 Å². The predicted molar refractivity (Wildman–Crippen MR) is 142 cm³/mol. The molecule has 4 nitrogen and oxygen atoms in total. The summed E-state index contributed by atoms with van der Waals surface area (Å²) in [5.74, 6) is 1.49. The van der Waals surface area contributed by atoms with Crippen LogP contribution in [0.5, 0.6) is 11.5 Å². The van der Waals surface area contributed by atoms with Crippen LogP contribution in [0.25, 0.3) is 6.08 Å². The van der Waals surface area contributed by atoms with Gasteiger partial charge in [-0.3, -0.25) is 9.69 Å². The van der Waals surface area contributed by atoms with Gasteiger partial charge in [0.25, 0.3) is 5.91 Å². The molecule has 4 rings (SSSR count). The average Bonchev–Trinajstić information content (AvgIpc) is 3.07. The van der Waals surface area contributed by atoms with E-state index in [1.165, 1.54) is 15.3 Å². The molecule has 3 aromatic carbocycles. The highest BCUT2D eigenvalue weighted by molar-refractivity contribution is 14.1. The molecule has 1 fully saturated rings. The summed E-state index contributed by atoms with van der Waals surface area (Å²) >= 11 is 9.06. The predicted octanol–water partition coefficient (Wildman–Crippen LogP) is 6.28. The first-order valence-corrected chi connectivity index (χ1v) is 12.2. The van der Waals surface area contributed by atoms with Crippen LogP contribution in [0.15, 0.2) is 77.7 Å². The fraction of sp³-hybridized carbons (Fsp3) is 0.120. The summed E-state index contributed by atoms with van der Waals surface area (Å²) in [4.78, 5) is 15.1. The highest BCUT2D eigenvalue weighted by atomic mass is 127. The van der Waals surface area contributed by atoms with Crippen LogP contribution in [0.3, 0.4) is 0 Å². The van der Waals surface area contributed by atoms with Gasteiger partial charge in [-0.25, -0.2) is 0 Å². The first-order valence-electron chi connectivity index (χ1n) is 9.87. The number of benzene rings is 3. The number of rotatable bonds is 7. The van der Waals surface area contributed by atoms with Crippen molar-refractivity contribution in [3.63, 3.8) is 0 Å². The standard InChI is InChI=1S/C25H20INO3S2/c1-29-21-10-6-18(7-11-21)15-27-24(28)23(32-25(27)31)14-17-4-12-22(13-5-17)30-16-19-2-8-20(26)9-3-19/h2-14H,15-16H2,1H3. The maximum Gasteiger partial charge on any atom is 0.266 e. The Balaban J connectivity index is 1.39. The smallest absolute Gasteiger partial charge is 0.266 e. The third-order valence-corrected chi connectivity index (χ3v) is 6.97. The van der Waals surface area contributed by atoms with Gasteiger partial charge in [-0.1, -0.05) is 60.4 Å². The SMILES string of the molecule is COc1ccc(CN2C(=O)C(=Cc3ccc(OCc4ccc(I)cc4)cc3)SC2=S)cc1. The van der Waals surface area contributed by atoms with E-state index in [4.69, 9.17) is 21.7 Å². The maximum absolute atomic E-state index is 12.9. The molecule has 1 heterocycles. The molecule has 7 heteroatoms. The number of thioether (sulfide) groups is 1. The third-order valence-electron chi connectivity index (χ3n) is 4.87. The van der Waals surface area contributed by atoms with E-state index in [0.29, 0.717) is 22.4 Å². The number of amides is 1. The molecular formula is C25H20INO3S2. The zero-order chi connectivity index (χ0) is 22.5. The number of ether oxygens (including phenoxy) is 2. The molecule has 1 saturated heterocycles. The summed E-state index contributed by atoms with van der Waals surface area (Å²) in [5, 5.41) is 0. The molecule has 32 heavy (non-hydrogen) atoms. The lowest BCUT2D eigenvalue weighted by Gasteiger charge is -2.14. The molecule has 162 valence electrons. The fourth-order valence-corrected chi connectivity index (χ4v) is 4.72. The third kappa shape index (κ3) is 5.70. The van der Waals surface area contributed by atoms with E-state index in [2.05, 4.69) is 46.9 Å². The molecular weight excluding hydrogens is 553 g/mol. The summed E-state index contributed by atoms with van der Waals surface area (Å²) in [6.07, 6.45) is 1.87. The van der Waals surface area contributed by atoms with Crippen molar-refractivity contribution < 1.29 is 14.3 Å². The molecule has 0 atom stereocenters. The van der Waals surface area contributed by atoms with Gasteiger partial charge in [-0.15, -0.1) is 0 Å². The highest BCUT2D eigenvalue weighted by Crippen LogP contribution is 2.34. The molecule has 1 amide bonds. The Kier molecular flexibility index (Phi) is 7.49. The van der Waals surface area contributed by atoms with Crippen molar-refractivity contribution in [3.05, 3.63) is 98.0 Å². The van der Waals surface area contributed by atoms with E-state index in [1.807, 2.05) is 54.6 Å². The van der Waals surface area contributed by atoms with Gasteiger partial charge in [0.15, 0.2) is 0 Å². The summed E-state index contributed by atoms with van der Waals surface area (Å²) < 4.78 is 12.8. The Morgan fingerprint density at radius 2 is 1.56 bits per heavy atom. The summed E-state index contributed by atoms with van der Waals surface area (Å²) in [6.45, 7) is 0.956. The van der Waals surface area contributed by atoms with Crippen molar-refractivity contribution in [3.8, 4) is 11.5 Å². The molecule has 0 spiro atoms. The largest absolute Gasteiger partial charge is 0.497 e. The van der Waals surface area contributed by atoms with Crippen molar-refractivity contribution in [2.24, 2.45) is 0 Å². The van der Waals surface area contributed by atoms with Crippen LogP contribution in [-0.4, -0.2) is 22.2 Å². The van der Waals surface area contributed by atoms with Gasteiger partial charge in [0.1, 0.15) is 22.4 Å². The van der Waals surface area contributed by atoms with E-state index in [-0.39, 0.29) is 5.91 Å². The van der Waals surface area contributed by atoms with Gasteiger partial charge in [0.05, 0.1) is 18.6 Å². The van der Waals surface area contributed by atoms with Gasteiger partial charge in [0.2, 0.25) is 0 Å². The lowest BCUT2D eigenvalue weighted by atomic mass is 10.2. The van der Waals surface area contributed by atoms with Crippen LogP contribution in [-0.2, 0) is 17.9 Å². The van der Waals surface area contributed by atoms with Crippen LogP contribution in [0.4, 0.5) is 0 Å². The number of halogens is 1. The molecule has 1 aliphatic rings. The van der Waals surface area contributed by atoms with E-state index >= 15 is 0 Å². The first kappa shape index (κ1) is 22.8. The van der Waals surface area contributed by atoms with Crippen molar-refractivity contribution in [2.75, 3.05) is 7.11 Å². The summed E-state index contributed by atoms with van der Waals surface area (Å²) in [7, 11) is 1.63. The summed E-state index contributed by atoms with van der Waals surface area (Å²) in [5.41, 5.74) is 3.05. The number of methoxy groups -OCH3 is 1. The van der Waals surface area contributed by atoms with Crippen molar-refractivity contribution in [2.45, 2.75) is 13.2 Å². The van der Waals surface area contributed by atoms with E-state index < -0.39 is 0 Å². The van der Waals surface area contributed by atoms with Crippen molar-refractivity contribution >= 4 is 62.9 Å². The summed E-state index contributed by atoms with van der Waals surface area (Å²) in [6, 6.07) is 23.6. The molecule has 0 aromatic heterocycles. The molecule has 0 saturated carbocycles. The maximum atomic E-state index is 12.9. The second-order valence-electron chi connectivity index (χ2n) is 7.10. The Bertz CT molecular complexity index is 1140. The fourth-order valence-electron chi connectivity index (χ4n) is 3.11. The average molecular weight is 573 g/mol. The minimum Gasteiger partial charge on any atom is -0.497 e. The molecule has 1 aliphatic heterocycles. The molecule has 0 radical (unpaired) electrons. The minimum atomic E-state index is -0.0742. The van der Waals surface area contributed by atoms with Gasteiger partial charge in [0, 0.05) is 3.57 Å². The van der Waals surface area contributed by atoms with Crippen molar-refractivity contribution in [1.29, 1.82) is 0 Å². The molecule has 0 aliphatic carbocycles. The van der Waals surface area contributed by atoms with Crippen LogP contribution in [0.2, 0.25) is 0 Å². The van der Waals surface area contributed by atoms with Crippen LogP contribution < -0.4 is 9.47 Å². The zero-order valence-corrected chi connectivity index (χ0v) is 21.1. The van der Waals surface area contributed by atoms with Gasteiger partial charge in [-0.2, -0.15) is 0 Å². The highest BCUT2D eigenvalue weighted by Gasteiger charge is 2.31. The van der Waals surface area contributed by atoms with E-state index in [0.717, 1.165) is 28.2 Å². The molecule has 0 N–H and O–H groups in total. The monoisotopic (exact) mass is 573 g/mol. The number of hydrogen-bond acceptors (Lipinski definition) is 5. The van der Waals surface area contributed by atoms with E-state index in [9.17, 15) is 4.79 Å². The second kappa shape index (κ2) is 10.5. The van der Waals surface area contributed by atoms with Crippen LogP contribution >= 0.6 is 46.6 Å². The number of carbonyl (C=O) groups is 1. The minimum absolute atomic E-state index is 0.0742. The number of carbonyl (C=O) groups excluding carboxylic acids is 1. The number of hydrogen-bond donors (Lipinski definition) is 0. The van der Waals surface area contributed by atoms with Gasteiger partial charge >= 0.3 is 0 Å². The zero-order valence-electron chi connectivity index (χ0n) is 17.3. The first-order chi connectivity index (χ1) is 15.5. The molecule has 0 bridgehead atoms. The quantitative estimate of drug-likeness (QED) is 0.189. The Morgan fingerprint density at radius 3 is 2.22 bits per heavy atom. The Hall–Kier alpha value is -2.36. The van der Waals surface area contributed by atoms with Gasteiger partial charge in [-0.05, 0) is 81.8 Å². The Labute approximate surface area is 210 Å². The molecule has 3 aromatic rings. The van der Waals surface area contributed by atoms with Crippen LogP contribution in [0, 0.1) is 3.57 Å². The second-order valence-corrected chi connectivity index (χ2v) is 10.0. The van der Waals surface area contributed by atoms with E-state index in [1.54, 1.807) is 12.0 Å². The normalized spacial score (nSPS) is 14.8. The Morgan fingerprint density at radius 1 is 0.938 bits per heavy atom. The number of nitrogens with zero attached hydrogens (tertiary/aromatic N) is 1. The topological polar surface area (TPSA) is 38.8 Å².